The number of carbonyl (C=O) groups is 1. The highest BCUT2D eigenvalue weighted by molar-refractivity contribution is 7.99. The van der Waals surface area contributed by atoms with Gasteiger partial charge in [-0.1, -0.05) is 29.5 Å². The van der Waals surface area contributed by atoms with Crippen LogP contribution >= 0.6 is 11.8 Å². The lowest BCUT2D eigenvalue weighted by molar-refractivity contribution is -0.129. The molecule has 1 aliphatic heterocycles. The maximum Gasteiger partial charge on any atom is 0.233 e. The van der Waals surface area contributed by atoms with Gasteiger partial charge in [-0.15, -0.1) is 5.10 Å². The smallest absolute Gasteiger partial charge is 0.233 e. The average Bonchev–Trinajstić information content (AvgIpc) is 3.00. The highest BCUT2D eigenvalue weighted by Crippen LogP contribution is 2.25. The van der Waals surface area contributed by atoms with Crippen LogP contribution in [0.15, 0.2) is 17.3 Å². The van der Waals surface area contributed by atoms with Crippen LogP contribution in [0, 0.1) is 20.8 Å². The third kappa shape index (κ3) is 3.61. The summed E-state index contributed by atoms with van der Waals surface area (Å²) in [6.07, 6.45) is 3.44. The summed E-state index contributed by atoms with van der Waals surface area (Å²) in [6, 6.07) is 4.24. The molecule has 2 heterocycles. The van der Waals surface area contributed by atoms with Gasteiger partial charge in [-0.25, -0.2) is 0 Å². The van der Waals surface area contributed by atoms with E-state index in [-0.39, 0.29) is 5.91 Å². The number of piperidine rings is 1. The molecule has 0 atom stereocenters. The summed E-state index contributed by atoms with van der Waals surface area (Å²) in [7, 11) is 0. The minimum atomic E-state index is 0.173. The van der Waals surface area contributed by atoms with Gasteiger partial charge in [0.25, 0.3) is 0 Å². The fourth-order valence-corrected chi connectivity index (χ4v) is 4.06. The van der Waals surface area contributed by atoms with Gasteiger partial charge < -0.3 is 4.90 Å². The first kappa shape index (κ1) is 17.0. The molecule has 0 unspecified atom stereocenters. The Labute approximate surface area is 146 Å². The molecule has 6 nitrogen and oxygen atoms in total. The Morgan fingerprint density at radius 1 is 1.12 bits per heavy atom. The Balaban J connectivity index is 1.75. The van der Waals surface area contributed by atoms with E-state index in [2.05, 4.69) is 48.4 Å². The first-order valence-corrected chi connectivity index (χ1v) is 9.32. The highest BCUT2D eigenvalue weighted by Gasteiger charge is 2.19. The van der Waals surface area contributed by atoms with E-state index in [0.29, 0.717) is 10.9 Å². The van der Waals surface area contributed by atoms with Crippen LogP contribution in [-0.2, 0) is 4.79 Å². The van der Waals surface area contributed by atoms with Gasteiger partial charge in [0.1, 0.15) is 0 Å². The third-order valence-corrected chi connectivity index (χ3v) is 5.23. The van der Waals surface area contributed by atoms with Gasteiger partial charge >= 0.3 is 0 Å². The first-order valence-electron chi connectivity index (χ1n) is 8.33. The first-order chi connectivity index (χ1) is 11.6. The van der Waals surface area contributed by atoms with Gasteiger partial charge in [-0.05, 0) is 61.6 Å². The van der Waals surface area contributed by atoms with Crippen LogP contribution in [0.4, 0.5) is 0 Å². The summed E-state index contributed by atoms with van der Waals surface area (Å²) in [4.78, 5) is 14.3. The lowest BCUT2D eigenvalue weighted by Gasteiger charge is -2.26. The monoisotopic (exact) mass is 345 g/mol. The van der Waals surface area contributed by atoms with E-state index in [1.54, 1.807) is 4.68 Å². The number of likely N-dealkylation sites (tertiary alicyclic amines) is 1. The van der Waals surface area contributed by atoms with Gasteiger partial charge in [0.2, 0.25) is 11.1 Å². The number of tetrazole rings is 1. The van der Waals surface area contributed by atoms with Crippen molar-refractivity contribution in [3.05, 3.63) is 28.8 Å². The van der Waals surface area contributed by atoms with Gasteiger partial charge in [0.15, 0.2) is 0 Å². The lowest BCUT2D eigenvalue weighted by Crippen LogP contribution is -2.36. The maximum atomic E-state index is 12.3. The van der Waals surface area contributed by atoms with Crippen LogP contribution in [0.1, 0.15) is 36.0 Å². The number of hydrogen-bond acceptors (Lipinski definition) is 5. The van der Waals surface area contributed by atoms with Gasteiger partial charge in [0.05, 0.1) is 11.4 Å². The predicted molar refractivity (Wildman–Crippen MR) is 94.5 cm³/mol. The second-order valence-electron chi connectivity index (χ2n) is 6.35. The molecule has 0 bridgehead atoms. The minimum absolute atomic E-state index is 0.173. The largest absolute Gasteiger partial charge is 0.342 e. The zero-order chi connectivity index (χ0) is 17.1. The van der Waals surface area contributed by atoms with Crippen molar-refractivity contribution >= 4 is 17.7 Å². The fourth-order valence-electron chi connectivity index (χ4n) is 3.28. The van der Waals surface area contributed by atoms with E-state index in [1.165, 1.54) is 23.7 Å². The van der Waals surface area contributed by atoms with Crippen molar-refractivity contribution in [3.63, 3.8) is 0 Å². The van der Waals surface area contributed by atoms with Crippen LogP contribution in [0.25, 0.3) is 5.69 Å². The second-order valence-corrected chi connectivity index (χ2v) is 7.29. The van der Waals surface area contributed by atoms with Crippen molar-refractivity contribution in [2.45, 2.75) is 45.2 Å². The van der Waals surface area contributed by atoms with Crippen molar-refractivity contribution in [2.75, 3.05) is 18.8 Å². The number of hydrogen-bond donors (Lipinski definition) is 0. The van der Waals surface area contributed by atoms with E-state index < -0.39 is 0 Å². The van der Waals surface area contributed by atoms with Crippen LogP contribution < -0.4 is 0 Å². The van der Waals surface area contributed by atoms with Crippen LogP contribution in [0.2, 0.25) is 0 Å². The summed E-state index contributed by atoms with van der Waals surface area (Å²) in [6.45, 7) is 7.95. The zero-order valence-corrected chi connectivity index (χ0v) is 15.3. The number of benzene rings is 1. The standard InChI is InChI=1S/C17H23N5OS/c1-12-9-13(2)16(14(3)10-12)22-17(18-19-20-22)24-11-15(23)21-7-5-4-6-8-21/h9-10H,4-8,11H2,1-3H3. The molecule has 2 aromatic rings. The number of rotatable bonds is 4. The Hall–Kier alpha value is -1.89. The number of thioether (sulfide) groups is 1. The Bertz CT molecular complexity index is 713. The molecule has 0 saturated carbocycles. The normalized spacial score (nSPS) is 14.9. The molecule has 3 rings (SSSR count). The van der Waals surface area contributed by atoms with Crippen molar-refractivity contribution in [1.82, 2.24) is 25.1 Å². The van der Waals surface area contributed by atoms with Crippen LogP contribution in [0.5, 0.6) is 0 Å². The molecule has 1 saturated heterocycles. The van der Waals surface area contributed by atoms with Gasteiger partial charge in [0, 0.05) is 13.1 Å². The van der Waals surface area contributed by atoms with Crippen molar-refractivity contribution in [1.29, 1.82) is 0 Å². The molecule has 1 aromatic carbocycles. The van der Waals surface area contributed by atoms with Crippen molar-refractivity contribution in [2.24, 2.45) is 0 Å². The number of carbonyl (C=O) groups excluding carboxylic acids is 1. The number of aromatic nitrogens is 4. The summed E-state index contributed by atoms with van der Waals surface area (Å²) in [5.74, 6) is 0.552. The average molecular weight is 345 g/mol. The molecule has 1 amide bonds. The van der Waals surface area contributed by atoms with E-state index in [1.807, 2.05) is 4.90 Å². The maximum absolute atomic E-state index is 12.3. The molecule has 7 heteroatoms. The van der Waals surface area contributed by atoms with Crippen LogP contribution in [-0.4, -0.2) is 49.9 Å². The molecule has 0 aliphatic carbocycles. The molecule has 24 heavy (non-hydrogen) atoms. The molecular formula is C17H23N5OS. The molecule has 0 spiro atoms. The van der Waals surface area contributed by atoms with E-state index >= 15 is 0 Å². The molecule has 1 aliphatic rings. The van der Waals surface area contributed by atoms with E-state index in [0.717, 1.165) is 42.7 Å². The number of nitrogens with zero attached hydrogens (tertiary/aromatic N) is 5. The summed E-state index contributed by atoms with van der Waals surface area (Å²) >= 11 is 1.41. The van der Waals surface area contributed by atoms with Gasteiger partial charge in [-0.3, -0.25) is 4.79 Å². The molecule has 1 aromatic heterocycles. The fraction of sp³-hybridized carbons (Fsp3) is 0.529. The van der Waals surface area contributed by atoms with E-state index in [4.69, 9.17) is 0 Å². The number of aryl methyl sites for hydroxylation is 3. The molecular weight excluding hydrogens is 322 g/mol. The second kappa shape index (κ2) is 7.34. The predicted octanol–water partition coefficient (Wildman–Crippen LogP) is 2.69. The van der Waals surface area contributed by atoms with E-state index in [9.17, 15) is 4.79 Å². The Morgan fingerprint density at radius 2 is 1.79 bits per heavy atom. The van der Waals surface area contributed by atoms with Gasteiger partial charge in [-0.2, -0.15) is 4.68 Å². The number of amides is 1. The lowest BCUT2D eigenvalue weighted by atomic mass is 10.1. The summed E-state index contributed by atoms with van der Waals surface area (Å²) < 4.78 is 1.75. The van der Waals surface area contributed by atoms with Crippen molar-refractivity contribution < 1.29 is 4.79 Å². The van der Waals surface area contributed by atoms with Crippen LogP contribution in [0.3, 0.4) is 0 Å². The zero-order valence-electron chi connectivity index (χ0n) is 14.4. The highest BCUT2D eigenvalue weighted by atomic mass is 32.2. The molecule has 128 valence electrons. The minimum Gasteiger partial charge on any atom is -0.342 e. The molecule has 0 N–H and O–H groups in total. The Morgan fingerprint density at radius 3 is 2.46 bits per heavy atom. The summed E-state index contributed by atoms with van der Waals surface area (Å²) in [5.41, 5.74) is 4.47. The third-order valence-electron chi connectivity index (χ3n) is 4.32. The summed E-state index contributed by atoms with van der Waals surface area (Å²) in [5, 5.41) is 12.7. The molecule has 0 radical (unpaired) electrons. The SMILES string of the molecule is Cc1cc(C)c(-n2nnnc2SCC(=O)N2CCCCC2)c(C)c1. The van der Waals surface area contributed by atoms with Crippen molar-refractivity contribution in [3.8, 4) is 5.69 Å². The quantitative estimate of drug-likeness (QED) is 0.797. The Kier molecular flexibility index (Phi) is 5.18. The molecule has 1 fully saturated rings. The topological polar surface area (TPSA) is 63.9 Å².